The van der Waals surface area contributed by atoms with Crippen LogP contribution in [0.5, 0.6) is 11.5 Å². The number of hydrogen-bond acceptors (Lipinski definition) is 12. The minimum atomic E-state index is -5.02. The molecule has 3 heterocycles. The van der Waals surface area contributed by atoms with Gasteiger partial charge in [-0.05, 0) is 91.3 Å². The molecule has 13 nitrogen and oxygen atoms in total. The van der Waals surface area contributed by atoms with Crippen LogP contribution >= 0.6 is 0 Å². The molecule has 2 fully saturated rings. The number of rotatable bonds is 3. The van der Waals surface area contributed by atoms with Crippen LogP contribution in [0.15, 0.2) is 58.7 Å². The number of carbonyl (C=O) groups is 5. The Morgan fingerprint density at radius 1 is 0.833 bits per heavy atom. The summed E-state index contributed by atoms with van der Waals surface area (Å²) >= 11 is 0. The van der Waals surface area contributed by atoms with Crippen molar-refractivity contribution in [3.8, 4) is 11.5 Å². The van der Waals surface area contributed by atoms with Crippen molar-refractivity contribution in [2.75, 3.05) is 6.61 Å². The number of cyclic esters (lactones) is 1. The summed E-state index contributed by atoms with van der Waals surface area (Å²) in [7, 11) is -5.02. The van der Waals surface area contributed by atoms with Gasteiger partial charge >= 0.3 is 22.3 Å². The Bertz CT molecular complexity index is 2700. The summed E-state index contributed by atoms with van der Waals surface area (Å²) in [5, 5.41) is 10.7. The largest absolute Gasteiger partial charge is 0.507 e. The number of ketones is 3. The molecular weight excluding hydrogens is 720 g/mol. The van der Waals surface area contributed by atoms with Gasteiger partial charge in [-0.1, -0.05) is 20.3 Å². The fourth-order valence-corrected chi connectivity index (χ4v) is 11.1. The van der Waals surface area contributed by atoms with E-state index in [0.717, 1.165) is 36.1 Å². The van der Waals surface area contributed by atoms with Crippen LogP contribution in [0.2, 0.25) is 0 Å². The van der Waals surface area contributed by atoms with Crippen LogP contribution in [0.3, 0.4) is 0 Å². The van der Waals surface area contributed by atoms with Gasteiger partial charge in [0.1, 0.15) is 12.4 Å². The fraction of sp³-hybridized carbons (Fsp3) is 0.325. The number of esters is 2. The van der Waals surface area contributed by atoms with E-state index >= 15 is 0 Å². The maximum Gasteiger partial charge on any atom is 0.446 e. The Morgan fingerprint density at radius 3 is 2.41 bits per heavy atom. The molecule has 6 aliphatic rings. The quantitative estimate of drug-likeness (QED) is 0.199. The molecule has 0 bridgehead atoms. The van der Waals surface area contributed by atoms with Gasteiger partial charge in [-0.2, -0.15) is 8.42 Å². The van der Waals surface area contributed by atoms with Crippen molar-refractivity contribution in [2.45, 2.75) is 68.8 Å². The van der Waals surface area contributed by atoms with Crippen molar-refractivity contribution in [1.29, 1.82) is 0 Å². The van der Waals surface area contributed by atoms with E-state index in [1.165, 1.54) is 24.3 Å². The average Bonchev–Trinajstić information content (AvgIpc) is 3.70. The zero-order valence-electron chi connectivity index (χ0n) is 28.9. The first-order valence-electron chi connectivity index (χ1n) is 17.6. The molecule has 4 aliphatic carbocycles. The number of benzene rings is 3. The van der Waals surface area contributed by atoms with E-state index in [-0.39, 0.29) is 74.3 Å². The number of aromatic hydroxyl groups is 1. The van der Waals surface area contributed by atoms with Gasteiger partial charge in [0.25, 0.3) is 0 Å². The molecular formula is C40H30O13S. The Morgan fingerprint density at radius 2 is 1.63 bits per heavy atom. The molecule has 54 heavy (non-hydrogen) atoms. The van der Waals surface area contributed by atoms with Gasteiger partial charge in [0.05, 0.1) is 17.2 Å². The molecule has 1 spiro atoms. The lowest BCUT2D eigenvalue weighted by atomic mass is 9.47. The predicted octanol–water partition coefficient (Wildman–Crippen LogP) is 5.41. The molecule has 0 radical (unpaired) electrons. The summed E-state index contributed by atoms with van der Waals surface area (Å²) in [5.74, 6) is -3.88. The Labute approximate surface area is 306 Å². The van der Waals surface area contributed by atoms with Crippen LogP contribution in [-0.2, 0) is 41.9 Å². The monoisotopic (exact) mass is 750 g/mol. The SMILES string of the molecule is CC12CCCc3coc(c31)C(=O)c1cc3c(cc12)C(=O)C=C(C12CCCC4(C)c5cc6c(OS(=O)(=O)O)ccc(O)c6cc5C(=O)OC14C(=O)OC2)C3=O. The highest BCUT2D eigenvalue weighted by atomic mass is 32.3. The van der Waals surface area contributed by atoms with Crippen LogP contribution in [0.1, 0.15) is 115 Å². The minimum Gasteiger partial charge on any atom is -0.507 e. The molecule has 1 aromatic heterocycles. The molecule has 1 saturated heterocycles. The zero-order chi connectivity index (χ0) is 37.9. The Hall–Kier alpha value is -5.60. The number of hydrogen-bond donors (Lipinski definition) is 2. The van der Waals surface area contributed by atoms with E-state index in [0.29, 0.717) is 18.4 Å². The van der Waals surface area contributed by atoms with E-state index in [1.807, 2.05) is 6.92 Å². The molecule has 2 N–H and O–H groups in total. The number of phenolic OH excluding ortho intramolecular Hbond substituents is 1. The predicted molar refractivity (Wildman–Crippen MR) is 185 cm³/mol. The third kappa shape index (κ3) is 3.76. The number of ether oxygens (including phenoxy) is 2. The molecule has 4 unspecified atom stereocenters. The molecule has 14 heteroatoms. The van der Waals surface area contributed by atoms with Crippen LogP contribution in [0.25, 0.3) is 10.8 Å². The molecule has 0 amide bonds. The van der Waals surface area contributed by atoms with Crippen molar-refractivity contribution in [1.82, 2.24) is 0 Å². The van der Waals surface area contributed by atoms with Crippen molar-refractivity contribution in [2.24, 2.45) is 5.41 Å². The van der Waals surface area contributed by atoms with Crippen LogP contribution in [0.4, 0.5) is 0 Å². The van der Waals surface area contributed by atoms with Crippen LogP contribution < -0.4 is 4.18 Å². The first kappa shape index (κ1) is 33.0. The summed E-state index contributed by atoms with van der Waals surface area (Å²) in [6.45, 7) is 3.30. The summed E-state index contributed by atoms with van der Waals surface area (Å²) < 4.78 is 55.6. The second kappa shape index (κ2) is 10.1. The average molecular weight is 751 g/mol. The topological polar surface area (TPSA) is 201 Å². The first-order valence-corrected chi connectivity index (χ1v) is 18.9. The molecule has 4 atom stereocenters. The normalized spacial score (nSPS) is 29.2. The summed E-state index contributed by atoms with van der Waals surface area (Å²) in [5.41, 5.74) is -3.00. The lowest BCUT2D eigenvalue weighted by Crippen LogP contribution is -2.70. The number of allylic oxidation sites excluding steroid dienone is 1. The number of phenols is 1. The summed E-state index contributed by atoms with van der Waals surface area (Å²) in [6, 6.07) is 8.05. The first-order chi connectivity index (χ1) is 25.5. The second-order valence-corrected chi connectivity index (χ2v) is 16.6. The molecule has 3 aromatic carbocycles. The smallest absolute Gasteiger partial charge is 0.446 e. The third-order valence-corrected chi connectivity index (χ3v) is 13.5. The van der Waals surface area contributed by atoms with Crippen molar-refractivity contribution >= 4 is 50.5 Å². The number of fused-ring (bicyclic) bond motifs is 6. The standard InChI is InChI=1S/C40H30O13S/c1-37-8-3-5-18-16-50-34(31(18)37)33(44)23-12-22-20(13-25(23)37)29(42)15-27(32(22)43)39-10-4-9-38(2)26-14-21-19(28(41)6-7-30(21)53-54(47,48)49)11-24(26)35(45)52-40(38,39)36(46)51-17-39/h6-7,11-16,41H,3-5,8-10,17H2,1-2H3,(H,47,48,49). The van der Waals surface area contributed by atoms with Gasteiger partial charge in [0.2, 0.25) is 11.4 Å². The molecule has 10 rings (SSSR count). The Kier molecular flexibility index (Phi) is 6.19. The summed E-state index contributed by atoms with van der Waals surface area (Å²) in [6.07, 6.45) is 5.84. The van der Waals surface area contributed by atoms with Gasteiger partial charge in [-0.3, -0.25) is 18.9 Å². The number of Topliss-reactive ketones (excluding diaryl/α,β-unsaturated/α-hetero) is 1. The lowest BCUT2D eigenvalue weighted by molar-refractivity contribution is -0.174. The van der Waals surface area contributed by atoms with Crippen molar-refractivity contribution in [3.05, 3.63) is 105 Å². The molecule has 274 valence electrons. The summed E-state index contributed by atoms with van der Waals surface area (Å²) in [4.78, 5) is 71.5. The van der Waals surface area contributed by atoms with Crippen LogP contribution in [-0.4, -0.2) is 59.6 Å². The third-order valence-electron chi connectivity index (χ3n) is 13.1. The fourth-order valence-electron chi connectivity index (χ4n) is 10.8. The van der Waals surface area contributed by atoms with Gasteiger partial charge in [0, 0.05) is 49.4 Å². The van der Waals surface area contributed by atoms with Crippen LogP contribution in [0, 0.1) is 5.41 Å². The molecule has 4 aromatic rings. The highest BCUT2D eigenvalue weighted by Crippen LogP contribution is 2.66. The van der Waals surface area contributed by atoms with E-state index in [9.17, 15) is 42.0 Å². The molecule has 2 aliphatic heterocycles. The molecule has 1 saturated carbocycles. The van der Waals surface area contributed by atoms with Crippen molar-refractivity contribution < 1.29 is 60.1 Å². The maximum atomic E-state index is 14.9. The highest BCUT2D eigenvalue weighted by Gasteiger charge is 2.79. The second-order valence-electron chi connectivity index (χ2n) is 15.6. The van der Waals surface area contributed by atoms with E-state index in [4.69, 9.17) is 18.1 Å². The minimum absolute atomic E-state index is 0.00462. The number of furan rings is 1. The van der Waals surface area contributed by atoms with Gasteiger partial charge < -0.3 is 23.2 Å². The number of aryl methyl sites for hydroxylation is 1. The van der Waals surface area contributed by atoms with Crippen molar-refractivity contribution in [3.63, 3.8) is 0 Å². The Balaban J connectivity index is 1.15. The highest BCUT2D eigenvalue weighted by molar-refractivity contribution is 7.81. The van der Waals surface area contributed by atoms with Gasteiger partial charge in [-0.25, -0.2) is 9.59 Å². The van der Waals surface area contributed by atoms with E-state index < -0.39 is 68.1 Å². The van der Waals surface area contributed by atoms with E-state index in [1.54, 1.807) is 19.3 Å². The van der Waals surface area contributed by atoms with E-state index in [2.05, 4.69) is 0 Å². The zero-order valence-corrected chi connectivity index (χ0v) is 29.7. The lowest BCUT2D eigenvalue weighted by Gasteiger charge is -2.57. The van der Waals surface area contributed by atoms with Gasteiger partial charge in [0.15, 0.2) is 23.1 Å². The number of carbonyl (C=O) groups excluding carboxylic acids is 5. The maximum absolute atomic E-state index is 14.9. The van der Waals surface area contributed by atoms with Gasteiger partial charge in [-0.15, -0.1) is 0 Å².